The molecule has 5 nitrogen and oxygen atoms in total. The number of ether oxygens (including phenoxy) is 1. The molecule has 1 aromatic heterocycles. The molecule has 0 bridgehead atoms. The number of fused-ring (bicyclic) bond motifs is 1. The summed E-state index contributed by atoms with van der Waals surface area (Å²) in [5.74, 6) is 0.594. The van der Waals surface area contributed by atoms with Crippen LogP contribution in [-0.4, -0.2) is 18.0 Å². The molecule has 24 heavy (non-hydrogen) atoms. The Bertz CT molecular complexity index is 1010. The molecular formula is C19H14N2O3. The number of methoxy groups -OCH3 is 1. The molecule has 0 unspecified atom stereocenters. The first kappa shape index (κ1) is 15.5. The molecule has 0 fully saturated rings. The van der Waals surface area contributed by atoms with Gasteiger partial charge in [-0.2, -0.15) is 5.26 Å². The van der Waals surface area contributed by atoms with Crippen molar-refractivity contribution in [2.45, 2.75) is 6.54 Å². The second-order valence-corrected chi connectivity index (χ2v) is 5.20. The van der Waals surface area contributed by atoms with E-state index in [0.717, 1.165) is 5.56 Å². The van der Waals surface area contributed by atoms with E-state index < -0.39 is 0 Å². The van der Waals surface area contributed by atoms with Crippen LogP contribution < -0.4 is 10.3 Å². The summed E-state index contributed by atoms with van der Waals surface area (Å²) in [5, 5.41) is 10.7. The van der Waals surface area contributed by atoms with Crippen molar-refractivity contribution >= 4 is 17.1 Å². The Hall–Kier alpha value is -3.39. The lowest BCUT2D eigenvalue weighted by Crippen LogP contribution is -2.24. The van der Waals surface area contributed by atoms with Crippen LogP contribution in [0.15, 0.2) is 53.3 Å². The van der Waals surface area contributed by atoms with Crippen molar-refractivity contribution in [3.63, 3.8) is 0 Å². The summed E-state index contributed by atoms with van der Waals surface area (Å²) in [6.07, 6.45) is 0.617. The van der Waals surface area contributed by atoms with Crippen molar-refractivity contribution < 1.29 is 9.53 Å². The molecule has 0 aliphatic carbocycles. The van der Waals surface area contributed by atoms with E-state index in [-0.39, 0.29) is 17.8 Å². The standard InChI is InChI=1S/C19H14N2O3/c1-24-14-7-8-15-16(11-14)18(13-5-3-2-4-6-13)17(12-20)21(9-10-22)19(15)23/h2-8,10-11H,9H2,1H3. The zero-order chi connectivity index (χ0) is 17.1. The van der Waals surface area contributed by atoms with Crippen LogP contribution in [0.2, 0.25) is 0 Å². The number of carbonyl (C=O) groups excluding carboxylic acids is 1. The topological polar surface area (TPSA) is 72.1 Å². The molecular weight excluding hydrogens is 304 g/mol. The first-order valence-electron chi connectivity index (χ1n) is 7.35. The lowest BCUT2D eigenvalue weighted by molar-refractivity contribution is -0.108. The molecule has 0 saturated heterocycles. The van der Waals surface area contributed by atoms with E-state index >= 15 is 0 Å². The average molecular weight is 318 g/mol. The third-order valence-corrected chi connectivity index (χ3v) is 3.90. The van der Waals surface area contributed by atoms with Gasteiger partial charge in [-0.15, -0.1) is 0 Å². The van der Waals surface area contributed by atoms with Gasteiger partial charge in [0.1, 0.15) is 23.8 Å². The van der Waals surface area contributed by atoms with Crippen LogP contribution in [0.4, 0.5) is 0 Å². The highest BCUT2D eigenvalue weighted by atomic mass is 16.5. The number of carbonyl (C=O) groups is 1. The largest absolute Gasteiger partial charge is 0.497 e. The maximum absolute atomic E-state index is 12.7. The van der Waals surface area contributed by atoms with Gasteiger partial charge in [0.2, 0.25) is 0 Å². The Labute approximate surface area is 138 Å². The van der Waals surface area contributed by atoms with Crippen LogP contribution in [0.5, 0.6) is 5.75 Å². The van der Waals surface area contributed by atoms with Gasteiger partial charge in [0.05, 0.1) is 13.7 Å². The number of hydrogen-bond acceptors (Lipinski definition) is 4. The second kappa shape index (κ2) is 6.39. The van der Waals surface area contributed by atoms with Crippen molar-refractivity contribution in [3.05, 3.63) is 64.6 Å². The second-order valence-electron chi connectivity index (χ2n) is 5.20. The molecule has 0 saturated carbocycles. The SMILES string of the molecule is COc1ccc2c(=O)n(CC=O)c(C#N)c(-c3ccccc3)c2c1. The Morgan fingerprint density at radius 1 is 1.17 bits per heavy atom. The molecule has 0 aliphatic rings. The number of benzene rings is 2. The highest BCUT2D eigenvalue weighted by Gasteiger charge is 2.18. The Kier molecular flexibility index (Phi) is 4.13. The number of pyridine rings is 1. The van der Waals surface area contributed by atoms with Crippen molar-refractivity contribution in [1.29, 1.82) is 5.26 Å². The number of aromatic nitrogens is 1. The van der Waals surface area contributed by atoms with E-state index in [0.29, 0.717) is 28.4 Å². The molecule has 118 valence electrons. The number of aldehydes is 1. The van der Waals surface area contributed by atoms with Crippen molar-refractivity contribution in [1.82, 2.24) is 4.57 Å². The summed E-state index contributed by atoms with van der Waals surface area (Å²) in [6.45, 7) is -0.163. The van der Waals surface area contributed by atoms with Gasteiger partial charge in [-0.25, -0.2) is 0 Å². The van der Waals surface area contributed by atoms with E-state index in [1.807, 2.05) is 30.3 Å². The van der Waals surface area contributed by atoms with Crippen molar-refractivity contribution in [2.24, 2.45) is 0 Å². The van der Waals surface area contributed by atoms with Gasteiger partial charge in [-0.1, -0.05) is 30.3 Å². The first-order chi connectivity index (χ1) is 11.7. The molecule has 2 aromatic carbocycles. The molecule has 0 radical (unpaired) electrons. The predicted octanol–water partition coefficient (Wildman–Crippen LogP) is 2.75. The fourth-order valence-electron chi connectivity index (χ4n) is 2.82. The van der Waals surface area contributed by atoms with Crippen LogP contribution in [-0.2, 0) is 11.3 Å². The number of rotatable bonds is 4. The fraction of sp³-hybridized carbons (Fsp3) is 0.105. The van der Waals surface area contributed by atoms with E-state index in [1.165, 1.54) is 4.57 Å². The van der Waals surface area contributed by atoms with Crippen LogP contribution >= 0.6 is 0 Å². The molecule has 0 spiro atoms. The molecule has 3 rings (SSSR count). The molecule has 5 heteroatoms. The van der Waals surface area contributed by atoms with Crippen molar-refractivity contribution in [2.75, 3.05) is 7.11 Å². The lowest BCUT2D eigenvalue weighted by atomic mass is 9.97. The number of hydrogen-bond donors (Lipinski definition) is 0. The van der Waals surface area contributed by atoms with E-state index in [2.05, 4.69) is 6.07 Å². The van der Waals surface area contributed by atoms with Gasteiger partial charge in [-0.3, -0.25) is 9.36 Å². The summed E-state index contributed by atoms with van der Waals surface area (Å²) >= 11 is 0. The summed E-state index contributed by atoms with van der Waals surface area (Å²) in [7, 11) is 1.54. The van der Waals surface area contributed by atoms with Crippen LogP contribution in [0.1, 0.15) is 5.69 Å². The minimum absolute atomic E-state index is 0.163. The van der Waals surface area contributed by atoms with Gasteiger partial charge in [-0.05, 0) is 23.8 Å². The van der Waals surface area contributed by atoms with Gasteiger partial charge < -0.3 is 9.53 Å². The molecule has 0 amide bonds. The molecule has 0 N–H and O–H groups in total. The maximum Gasteiger partial charge on any atom is 0.259 e. The van der Waals surface area contributed by atoms with Gasteiger partial charge in [0.25, 0.3) is 5.56 Å². The fourth-order valence-corrected chi connectivity index (χ4v) is 2.82. The van der Waals surface area contributed by atoms with E-state index in [9.17, 15) is 14.9 Å². The zero-order valence-electron chi connectivity index (χ0n) is 13.0. The Balaban J connectivity index is 2.54. The smallest absolute Gasteiger partial charge is 0.259 e. The monoisotopic (exact) mass is 318 g/mol. The molecule has 0 aliphatic heterocycles. The van der Waals surface area contributed by atoms with Crippen LogP contribution in [0.3, 0.4) is 0 Å². The Morgan fingerprint density at radius 3 is 2.54 bits per heavy atom. The molecule has 0 atom stereocenters. The Morgan fingerprint density at radius 2 is 1.92 bits per heavy atom. The van der Waals surface area contributed by atoms with Crippen LogP contribution in [0, 0.1) is 11.3 Å². The van der Waals surface area contributed by atoms with E-state index in [4.69, 9.17) is 4.74 Å². The minimum Gasteiger partial charge on any atom is -0.497 e. The van der Waals surface area contributed by atoms with Crippen LogP contribution in [0.25, 0.3) is 21.9 Å². The third kappa shape index (κ3) is 2.44. The summed E-state index contributed by atoms with van der Waals surface area (Å²) < 4.78 is 6.47. The van der Waals surface area contributed by atoms with Gasteiger partial charge >= 0.3 is 0 Å². The minimum atomic E-state index is -0.365. The quantitative estimate of drug-likeness (QED) is 0.693. The van der Waals surface area contributed by atoms with Gasteiger partial charge in [0.15, 0.2) is 0 Å². The van der Waals surface area contributed by atoms with Gasteiger partial charge in [0, 0.05) is 16.3 Å². The zero-order valence-corrected chi connectivity index (χ0v) is 13.0. The lowest BCUT2D eigenvalue weighted by Gasteiger charge is -2.15. The first-order valence-corrected chi connectivity index (χ1v) is 7.35. The summed E-state index contributed by atoms with van der Waals surface area (Å²) in [6, 6.07) is 16.5. The number of nitrogens with zero attached hydrogens (tertiary/aromatic N) is 2. The van der Waals surface area contributed by atoms with Crippen molar-refractivity contribution in [3.8, 4) is 22.9 Å². The maximum atomic E-state index is 12.7. The highest BCUT2D eigenvalue weighted by Crippen LogP contribution is 2.32. The summed E-state index contributed by atoms with van der Waals surface area (Å²) in [4.78, 5) is 23.7. The summed E-state index contributed by atoms with van der Waals surface area (Å²) in [5.41, 5.74) is 1.22. The predicted molar refractivity (Wildman–Crippen MR) is 91.0 cm³/mol. The normalized spacial score (nSPS) is 10.3. The number of nitriles is 1. The molecule has 1 heterocycles. The molecule has 3 aromatic rings. The average Bonchev–Trinajstić information content (AvgIpc) is 2.64. The van der Waals surface area contributed by atoms with E-state index in [1.54, 1.807) is 25.3 Å². The third-order valence-electron chi connectivity index (χ3n) is 3.90. The highest BCUT2D eigenvalue weighted by molar-refractivity contribution is 5.99.